The first-order chi connectivity index (χ1) is 8.66. The molecule has 0 bridgehead atoms. The number of pyridine rings is 2. The topological polar surface area (TPSA) is 37.8 Å². The van der Waals surface area contributed by atoms with Crippen molar-refractivity contribution < 1.29 is 0 Å². The highest BCUT2D eigenvalue weighted by Gasteiger charge is 2.03. The van der Waals surface area contributed by atoms with E-state index in [0.717, 1.165) is 12.1 Å². The Morgan fingerprint density at radius 2 is 2.00 bits per heavy atom. The lowest BCUT2D eigenvalue weighted by atomic mass is 10.0. The van der Waals surface area contributed by atoms with E-state index in [1.807, 2.05) is 30.9 Å². The number of rotatable bonds is 4. The Labute approximate surface area is 108 Å². The minimum absolute atomic E-state index is 0.483. The van der Waals surface area contributed by atoms with Crippen molar-refractivity contribution in [1.82, 2.24) is 15.3 Å². The van der Waals surface area contributed by atoms with Crippen molar-refractivity contribution in [3.63, 3.8) is 0 Å². The van der Waals surface area contributed by atoms with Crippen LogP contribution in [0.25, 0.3) is 11.1 Å². The summed E-state index contributed by atoms with van der Waals surface area (Å²) < 4.78 is 0. The largest absolute Gasteiger partial charge is 0.310 e. The molecule has 0 saturated carbocycles. The summed E-state index contributed by atoms with van der Waals surface area (Å²) in [4.78, 5) is 8.44. The highest BCUT2D eigenvalue weighted by Crippen LogP contribution is 2.22. The van der Waals surface area contributed by atoms with Crippen LogP contribution in [0, 0.1) is 6.92 Å². The van der Waals surface area contributed by atoms with Gasteiger partial charge in [0.1, 0.15) is 0 Å². The number of nitrogens with zero attached hydrogens (tertiary/aromatic N) is 2. The van der Waals surface area contributed by atoms with Crippen LogP contribution in [0.2, 0.25) is 0 Å². The maximum atomic E-state index is 4.32. The summed E-state index contributed by atoms with van der Waals surface area (Å²) in [6.07, 6.45) is 7.52. The Hall–Kier alpha value is -1.74. The molecular weight excluding hydrogens is 222 g/mol. The van der Waals surface area contributed by atoms with Crippen LogP contribution in [0.15, 0.2) is 36.9 Å². The zero-order valence-electron chi connectivity index (χ0n) is 11.1. The zero-order chi connectivity index (χ0) is 13.0. The van der Waals surface area contributed by atoms with Crippen molar-refractivity contribution in [1.29, 1.82) is 0 Å². The van der Waals surface area contributed by atoms with Crippen LogP contribution in [0.5, 0.6) is 0 Å². The average molecular weight is 241 g/mol. The van der Waals surface area contributed by atoms with E-state index in [1.165, 1.54) is 16.7 Å². The Kier molecular flexibility index (Phi) is 4.05. The Morgan fingerprint density at radius 1 is 1.17 bits per heavy atom. The molecule has 0 unspecified atom stereocenters. The van der Waals surface area contributed by atoms with E-state index in [-0.39, 0.29) is 0 Å². The van der Waals surface area contributed by atoms with Gasteiger partial charge >= 0.3 is 0 Å². The van der Waals surface area contributed by atoms with Gasteiger partial charge in [-0.2, -0.15) is 0 Å². The SMILES string of the molecule is Cc1cnccc1-c1cncc(CNC(C)C)c1. The van der Waals surface area contributed by atoms with Gasteiger partial charge in [-0.15, -0.1) is 0 Å². The maximum absolute atomic E-state index is 4.32. The molecule has 0 aliphatic heterocycles. The van der Waals surface area contributed by atoms with Gasteiger partial charge in [0.25, 0.3) is 0 Å². The second kappa shape index (κ2) is 5.74. The molecule has 2 rings (SSSR count). The summed E-state index contributed by atoms with van der Waals surface area (Å²) in [5, 5.41) is 3.40. The molecule has 0 aliphatic rings. The van der Waals surface area contributed by atoms with E-state index >= 15 is 0 Å². The molecule has 0 aromatic carbocycles. The van der Waals surface area contributed by atoms with Crippen molar-refractivity contribution in [2.45, 2.75) is 33.4 Å². The van der Waals surface area contributed by atoms with Crippen LogP contribution in [-0.4, -0.2) is 16.0 Å². The lowest BCUT2D eigenvalue weighted by Gasteiger charge is -2.10. The number of nitrogens with one attached hydrogen (secondary N) is 1. The molecular formula is C15H19N3. The fraction of sp³-hybridized carbons (Fsp3) is 0.333. The first-order valence-electron chi connectivity index (χ1n) is 6.25. The second-order valence-corrected chi connectivity index (χ2v) is 4.81. The summed E-state index contributed by atoms with van der Waals surface area (Å²) in [5.74, 6) is 0. The molecule has 2 aromatic heterocycles. The van der Waals surface area contributed by atoms with Gasteiger partial charge in [-0.3, -0.25) is 9.97 Å². The van der Waals surface area contributed by atoms with Gasteiger partial charge < -0.3 is 5.32 Å². The highest BCUT2D eigenvalue weighted by atomic mass is 14.9. The molecule has 0 atom stereocenters. The van der Waals surface area contributed by atoms with E-state index in [2.05, 4.69) is 42.1 Å². The molecule has 3 nitrogen and oxygen atoms in total. The third-order valence-electron chi connectivity index (χ3n) is 2.84. The van der Waals surface area contributed by atoms with Crippen LogP contribution in [-0.2, 0) is 6.54 Å². The minimum atomic E-state index is 0.483. The third kappa shape index (κ3) is 3.14. The minimum Gasteiger partial charge on any atom is -0.310 e. The van der Waals surface area contributed by atoms with Gasteiger partial charge in [0.15, 0.2) is 0 Å². The maximum Gasteiger partial charge on any atom is 0.0346 e. The van der Waals surface area contributed by atoms with E-state index in [4.69, 9.17) is 0 Å². The van der Waals surface area contributed by atoms with Crippen LogP contribution in [0.1, 0.15) is 25.0 Å². The van der Waals surface area contributed by atoms with Crippen molar-refractivity contribution in [2.75, 3.05) is 0 Å². The second-order valence-electron chi connectivity index (χ2n) is 4.81. The van der Waals surface area contributed by atoms with Crippen molar-refractivity contribution in [3.8, 4) is 11.1 Å². The molecule has 0 saturated heterocycles. The fourth-order valence-electron chi connectivity index (χ4n) is 1.85. The van der Waals surface area contributed by atoms with Crippen LogP contribution in [0.3, 0.4) is 0 Å². The van der Waals surface area contributed by atoms with Gasteiger partial charge in [0.05, 0.1) is 0 Å². The molecule has 1 N–H and O–H groups in total. The molecule has 0 spiro atoms. The molecule has 94 valence electrons. The van der Waals surface area contributed by atoms with Gasteiger partial charge in [-0.05, 0) is 35.7 Å². The molecule has 2 aromatic rings. The molecule has 0 aliphatic carbocycles. The van der Waals surface area contributed by atoms with E-state index in [9.17, 15) is 0 Å². The number of hydrogen-bond donors (Lipinski definition) is 1. The standard InChI is InChI=1S/C15H19N3/c1-11(2)18-9-13-6-14(10-17-8-13)15-4-5-16-7-12(15)3/h4-8,10-11,18H,9H2,1-3H3. The first-order valence-corrected chi connectivity index (χ1v) is 6.25. The van der Waals surface area contributed by atoms with Crippen molar-refractivity contribution >= 4 is 0 Å². The van der Waals surface area contributed by atoms with Crippen LogP contribution in [0.4, 0.5) is 0 Å². The highest BCUT2D eigenvalue weighted by molar-refractivity contribution is 5.65. The molecule has 2 heterocycles. The monoisotopic (exact) mass is 241 g/mol. The summed E-state index contributed by atoms with van der Waals surface area (Å²) >= 11 is 0. The molecule has 18 heavy (non-hydrogen) atoms. The third-order valence-corrected chi connectivity index (χ3v) is 2.84. The predicted molar refractivity (Wildman–Crippen MR) is 74.2 cm³/mol. The first kappa shape index (κ1) is 12.7. The lowest BCUT2D eigenvalue weighted by molar-refractivity contribution is 0.588. The van der Waals surface area contributed by atoms with E-state index in [1.54, 1.807) is 0 Å². The smallest absolute Gasteiger partial charge is 0.0346 e. The normalized spacial score (nSPS) is 10.9. The Balaban J connectivity index is 2.25. The van der Waals surface area contributed by atoms with Crippen molar-refractivity contribution in [2.24, 2.45) is 0 Å². The average Bonchev–Trinajstić information content (AvgIpc) is 2.37. The number of hydrogen-bond acceptors (Lipinski definition) is 3. The van der Waals surface area contributed by atoms with E-state index < -0.39 is 0 Å². The van der Waals surface area contributed by atoms with Gasteiger partial charge in [-0.1, -0.05) is 13.8 Å². The van der Waals surface area contributed by atoms with Crippen LogP contribution < -0.4 is 5.32 Å². The predicted octanol–water partition coefficient (Wildman–Crippen LogP) is 2.95. The lowest BCUT2D eigenvalue weighted by Crippen LogP contribution is -2.21. The molecule has 3 heteroatoms. The van der Waals surface area contributed by atoms with Crippen molar-refractivity contribution in [3.05, 3.63) is 48.0 Å². The quantitative estimate of drug-likeness (QED) is 0.894. The Morgan fingerprint density at radius 3 is 2.72 bits per heavy atom. The summed E-state index contributed by atoms with van der Waals surface area (Å²) in [6, 6.07) is 4.70. The molecule has 0 fully saturated rings. The van der Waals surface area contributed by atoms with Gasteiger partial charge in [-0.25, -0.2) is 0 Å². The summed E-state index contributed by atoms with van der Waals surface area (Å²) in [7, 11) is 0. The van der Waals surface area contributed by atoms with Crippen LogP contribution >= 0.6 is 0 Å². The zero-order valence-corrected chi connectivity index (χ0v) is 11.1. The van der Waals surface area contributed by atoms with E-state index in [0.29, 0.717) is 6.04 Å². The Bertz CT molecular complexity index is 521. The number of aromatic nitrogens is 2. The molecule has 0 radical (unpaired) electrons. The fourth-order valence-corrected chi connectivity index (χ4v) is 1.85. The number of aryl methyl sites for hydroxylation is 1. The summed E-state index contributed by atoms with van der Waals surface area (Å²) in [6.45, 7) is 7.21. The van der Waals surface area contributed by atoms with Gasteiger partial charge in [0.2, 0.25) is 0 Å². The van der Waals surface area contributed by atoms with Gasteiger partial charge in [0, 0.05) is 42.9 Å². The molecule has 0 amide bonds. The summed E-state index contributed by atoms with van der Waals surface area (Å²) in [5.41, 5.74) is 4.73.